The van der Waals surface area contributed by atoms with Crippen molar-refractivity contribution in [2.45, 2.75) is 58.5 Å². The SMILES string of the molecule is CC(=O)N1CCCC1C(C)C1CCCN1C(C)=O. The minimum atomic E-state index is 0.178. The fourth-order valence-electron chi connectivity index (χ4n) is 3.72. The first-order valence-corrected chi connectivity index (χ1v) is 7.06. The third kappa shape index (κ3) is 2.38. The fourth-order valence-corrected chi connectivity index (χ4v) is 3.72. The van der Waals surface area contributed by atoms with E-state index in [2.05, 4.69) is 6.92 Å². The molecule has 0 bridgehead atoms. The summed E-state index contributed by atoms with van der Waals surface area (Å²) in [6.45, 7) is 7.29. The van der Waals surface area contributed by atoms with E-state index in [0.29, 0.717) is 18.0 Å². The van der Waals surface area contributed by atoms with Gasteiger partial charge in [-0.1, -0.05) is 6.92 Å². The van der Waals surface area contributed by atoms with Crippen molar-refractivity contribution in [2.24, 2.45) is 5.92 Å². The van der Waals surface area contributed by atoms with Crippen molar-refractivity contribution in [3.8, 4) is 0 Å². The summed E-state index contributed by atoms with van der Waals surface area (Å²) in [6, 6.07) is 0.653. The van der Waals surface area contributed by atoms with E-state index in [9.17, 15) is 9.59 Å². The number of carbonyl (C=O) groups excluding carboxylic acids is 2. The monoisotopic (exact) mass is 252 g/mol. The fraction of sp³-hybridized carbons (Fsp3) is 0.857. The molecule has 0 saturated carbocycles. The standard InChI is InChI=1S/C14H24N2O2/c1-10(13-6-4-8-15(13)11(2)17)14-7-5-9-16(14)12(3)18/h10,13-14H,4-9H2,1-3H3. The molecule has 2 unspecified atom stereocenters. The lowest BCUT2D eigenvalue weighted by molar-refractivity contribution is -0.132. The topological polar surface area (TPSA) is 40.6 Å². The van der Waals surface area contributed by atoms with Gasteiger partial charge in [-0.05, 0) is 31.6 Å². The summed E-state index contributed by atoms with van der Waals surface area (Å²) < 4.78 is 0. The number of likely N-dealkylation sites (tertiary alicyclic amines) is 2. The highest BCUT2D eigenvalue weighted by Crippen LogP contribution is 2.32. The van der Waals surface area contributed by atoms with E-state index in [0.717, 1.165) is 38.8 Å². The summed E-state index contributed by atoms with van der Waals surface area (Å²) in [5, 5.41) is 0. The minimum Gasteiger partial charge on any atom is -0.340 e. The van der Waals surface area contributed by atoms with Gasteiger partial charge in [-0.2, -0.15) is 0 Å². The minimum absolute atomic E-state index is 0.178. The van der Waals surface area contributed by atoms with Crippen LogP contribution in [-0.4, -0.2) is 46.8 Å². The summed E-state index contributed by atoms with van der Waals surface area (Å²) in [5.74, 6) is 0.747. The zero-order valence-corrected chi connectivity index (χ0v) is 11.7. The smallest absolute Gasteiger partial charge is 0.219 e. The maximum absolute atomic E-state index is 11.6. The molecule has 18 heavy (non-hydrogen) atoms. The highest BCUT2D eigenvalue weighted by molar-refractivity contribution is 5.74. The molecule has 2 aliphatic rings. The van der Waals surface area contributed by atoms with Gasteiger partial charge in [-0.3, -0.25) is 9.59 Å². The zero-order chi connectivity index (χ0) is 13.3. The molecule has 0 aromatic rings. The van der Waals surface area contributed by atoms with Gasteiger partial charge in [0.15, 0.2) is 0 Å². The Morgan fingerprint density at radius 1 is 0.944 bits per heavy atom. The zero-order valence-electron chi connectivity index (χ0n) is 11.7. The molecule has 2 rings (SSSR count). The van der Waals surface area contributed by atoms with Crippen molar-refractivity contribution in [2.75, 3.05) is 13.1 Å². The van der Waals surface area contributed by atoms with Gasteiger partial charge in [0.1, 0.15) is 0 Å². The first-order chi connectivity index (χ1) is 8.52. The number of amides is 2. The summed E-state index contributed by atoms with van der Waals surface area (Å²) in [6.07, 6.45) is 4.37. The Kier molecular flexibility index (Phi) is 3.93. The van der Waals surface area contributed by atoms with E-state index < -0.39 is 0 Å². The summed E-state index contributed by atoms with van der Waals surface area (Å²) in [7, 11) is 0. The summed E-state index contributed by atoms with van der Waals surface area (Å²) in [5.41, 5.74) is 0. The average Bonchev–Trinajstić information content (AvgIpc) is 2.97. The van der Waals surface area contributed by atoms with Gasteiger partial charge in [-0.25, -0.2) is 0 Å². The number of hydrogen-bond acceptors (Lipinski definition) is 2. The Bertz CT molecular complexity index is 311. The Morgan fingerprint density at radius 2 is 1.33 bits per heavy atom. The van der Waals surface area contributed by atoms with Crippen molar-refractivity contribution in [1.29, 1.82) is 0 Å². The molecule has 0 radical (unpaired) electrons. The van der Waals surface area contributed by atoms with Crippen LogP contribution in [0.4, 0.5) is 0 Å². The lowest BCUT2D eigenvalue weighted by Crippen LogP contribution is -2.47. The highest BCUT2D eigenvalue weighted by Gasteiger charge is 2.39. The molecule has 2 fully saturated rings. The first kappa shape index (κ1) is 13.4. The molecule has 0 aliphatic carbocycles. The molecule has 0 aromatic heterocycles. The molecule has 4 heteroatoms. The van der Waals surface area contributed by atoms with Crippen molar-refractivity contribution in [3.05, 3.63) is 0 Å². The van der Waals surface area contributed by atoms with Crippen LogP contribution in [-0.2, 0) is 9.59 Å². The van der Waals surface area contributed by atoms with E-state index in [1.54, 1.807) is 13.8 Å². The van der Waals surface area contributed by atoms with E-state index in [4.69, 9.17) is 0 Å². The van der Waals surface area contributed by atoms with E-state index in [-0.39, 0.29) is 11.8 Å². The van der Waals surface area contributed by atoms with E-state index in [1.165, 1.54) is 0 Å². The van der Waals surface area contributed by atoms with Gasteiger partial charge in [0.05, 0.1) is 0 Å². The number of nitrogens with zero attached hydrogens (tertiary/aromatic N) is 2. The van der Waals surface area contributed by atoms with Crippen molar-refractivity contribution < 1.29 is 9.59 Å². The van der Waals surface area contributed by atoms with E-state index in [1.807, 2.05) is 9.80 Å². The summed E-state index contributed by atoms with van der Waals surface area (Å²) in [4.78, 5) is 27.3. The largest absolute Gasteiger partial charge is 0.340 e. The molecule has 0 spiro atoms. The predicted octanol–water partition coefficient (Wildman–Crippen LogP) is 1.64. The highest BCUT2D eigenvalue weighted by atomic mass is 16.2. The third-order valence-corrected chi connectivity index (χ3v) is 4.62. The van der Waals surface area contributed by atoms with Crippen molar-refractivity contribution in [1.82, 2.24) is 9.80 Å². The molecule has 102 valence electrons. The van der Waals surface area contributed by atoms with Crippen LogP contribution in [0.15, 0.2) is 0 Å². The third-order valence-electron chi connectivity index (χ3n) is 4.62. The molecule has 0 N–H and O–H groups in total. The quantitative estimate of drug-likeness (QED) is 0.749. The molecule has 2 aliphatic heterocycles. The van der Waals surface area contributed by atoms with Crippen LogP contribution in [0, 0.1) is 5.92 Å². The first-order valence-electron chi connectivity index (χ1n) is 7.06. The van der Waals surface area contributed by atoms with Gasteiger partial charge in [0.2, 0.25) is 11.8 Å². The number of hydrogen-bond donors (Lipinski definition) is 0. The van der Waals surface area contributed by atoms with Crippen molar-refractivity contribution >= 4 is 11.8 Å². The molecular weight excluding hydrogens is 228 g/mol. The second-order valence-electron chi connectivity index (χ2n) is 5.70. The van der Waals surface area contributed by atoms with Crippen LogP contribution < -0.4 is 0 Å². The number of carbonyl (C=O) groups is 2. The molecule has 4 nitrogen and oxygen atoms in total. The number of rotatable bonds is 2. The van der Waals surface area contributed by atoms with Crippen molar-refractivity contribution in [3.63, 3.8) is 0 Å². The maximum Gasteiger partial charge on any atom is 0.219 e. The average molecular weight is 252 g/mol. The molecule has 2 heterocycles. The van der Waals surface area contributed by atoms with Crippen LogP contribution in [0.3, 0.4) is 0 Å². The second kappa shape index (κ2) is 5.29. The van der Waals surface area contributed by atoms with Crippen LogP contribution in [0.1, 0.15) is 46.5 Å². The Balaban J connectivity index is 2.08. The maximum atomic E-state index is 11.6. The Labute approximate surface area is 109 Å². The lowest BCUT2D eigenvalue weighted by atomic mass is 9.90. The normalized spacial score (nSPS) is 29.7. The molecular formula is C14H24N2O2. The lowest BCUT2D eigenvalue weighted by Gasteiger charge is -2.36. The van der Waals surface area contributed by atoms with Gasteiger partial charge in [-0.15, -0.1) is 0 Å². The Hall–Kier alpha value is -1.06. The van der Waals surface area contributed by atoms with Gasteiger partial charge in [0, 0.05) is 39.0 Å². The van der Waals surface area contributed by atoms with Crippen LogP contribution in [0.5, 0.6) is 0 Å². The molecule has 2 saturated heterocycles. The van der Waals surface area contributed by atoms with Gasteiger partial charge in [0.25, 0.3) is 0 Å². The van der Waals surface area contributed by atoms with Crippen LogP contribution in [0.25, 0.3) is 0 Å². The van der Waals surface area contributed by atoms with Crippen LogP contribution in [0.2, 0.25) is 0 Å². The van der Waals surface area contributed by atoms with Crippen LogP contribution >= 0.6 is 0 Å². The van der Waals surface area contributed by atoms with Gasteiger partial charge < -0.3 is 9.80 Å². The predicted molar refractivity (Wildman–Crippen MR) is 70.0 cm³/mol. The molecule has 2 amide bonds. The van der Waals surface area contributed by atoms with E-state index >= 15 is 0 Å². The summed E-state index contributed by atoms with van der Waals surface area (Å²) >= 11 is 0. The van der Waals surface area contributed by atoms with Gasteiger partial charge >= 0.3 is 0 Å². The Morgan fingerprint density at radius 3 is 1.67 bits per heavy atom. The molecule has 2 atom stereocenters. The second-order valence-corrected chi connectivity index (χ2v) is 5.70. The molecule has 0 aromatic carbocycles.